The number of rotatable bonds is 5. The summed E-state index contributed by atoms with van der Waals surface area (Å²) in [6.45, 7) is 0.651. The number of anilines is 2. The summed E-state index contributed by atoms with van der Waals surface area (Å²) < 4.78 is 0. The van der Waals surface area contributed by atoms with Gasteiger partial charge in [-0.1, -0.05) is 12.1 Å². The van der Waals surface area contributed by atoms with Crippen LogP contribution in [-0.4, -0.2) is 53.3 Å². The molecule has 3 aromatic rings. The fraction of sp³-hybridized carbons (Fsp3) is 0.333. The van der Waals surface area contributed by atoms with Gasteiger partial charge in [0.25, 0.3) is 5.91 Å². The van der Waals surface area contributed by atoms with Crippen molar-refractivity contribution < 1.29 is 9.59 Å². The molecule has 0 fully saturated rings. The minimum absolute atomic E-state index is 0.0696. The molecule has 32 heavy (non-hydrogen) atoms. The summed E-state index contributed by atoms with van der Waals surface area (Å²) in [4.78, 5) is 33.3. The molecule has 0 bridgehead atoms. The van der Waals surface area contributed by atoms with Gasteiger partial charge in [-0.15, -0.1) is 0 Å². The molecule has 2 amide bonds. The quantitative estimate of drug-likeness (QED) is 0.555. The maximum atomic E-state index is 13.2. The average molecular weight is 450 g/mol. The Morgan fingerprint density at radius 3 is 2.94 bits per heavy atom. The number of benzene rings is 2. The Balaban J connectivity index is 1.48. The predicted molar refractivity (Wildman–Crippen MR) is 130 cm³/mol. The van der Waals surface area contributed by atoms with E-state index < -0.39 is 6.04 Å². The van der Waals surface area contributed by atoms with Crippen LogP contribution in [0.3, 0.4) is 0 Å². The van der Waals surface area contributed by atoms with Gasteiger partial charge in [0.05, 0.1) is 23.0 Å². The van der Waals surface area contributed by atoms with Crippen LogP contribution in [0.5, 0.6) is 0 Å². The van der Waals surface area contributed by atoms with Crippen LogP contribution in [0.2, 0.25) is 0 Å². The summed E-state index contributed by atoms with van der Waals surface area (Å²) >= 11 is 1.68. The van der Waals surface area contributed by atoms with Gasteiger partial charge in [-0.25, -0.2) is 0 Å². The lowest BCUT2D eigenvalue weighted by molar-refractivity contribution is -0.117. The zero-order valence-corrected chi connectivity index (χ0v) is 19.0. The van der Waals surface area contributed by atoms with Crippen molar-refractivity contribution >= 4 is 45.9 Å². The number of H-pyrrole nitrogens is 1. The first-order valence-corrected chi connectivity index (χ1v) is 12.2. The van der Waals surface area contributed by atoms with E-state index in [4.69, 9.17) is 5.73 Å². The van der Waals surface area contributed by atoms with Crippen LogP contribution in [0, 0.1) is 0 Å². The number of aromatic nitrogens is 1. The standard InChI is InChI=1S/C24H27N5O2S/c1-28-20-6-4-3-5-16(20)24(31)29-11-9-15-17-13-14(26-22(30)18(25)10-12-32-2)7-8-19(17)27-21(15)23(28)29/h3-8,13,18,23,27H,9-12,25H2,1-2H3,(H,26,30). The van der Waals surface area contributed by atoms with E-state index in [0.29, 0.717) is 13.0 Å². The topological polar surface area (TPSA) is 94.5 Å². The molecule has 2 aliphatic heterocycles. The van der Waals surface area contributed by atoms with Gasteiger partial charge in [-0.2, -0.15) is 11.8 Å². The van der Waals surface area contributed by atoms with Gasteiger partial charge in [0.1, 0.15) is 6.17 Å². The van der Waals surface area contributed by atoms with Gasteiger partial charge in [0, 0.05) is 30.2 Å². The molecular formula is C24H27N5O2S. The SMILES string of the molecule is CSCCC(N)C(=O)Nc1ccc2[nH]c3c(c2c1)CCN1C(=O)c2ccccc2N(C)C31. The Morgan fingerprint density at radius 2 is 2.12 bits per heavy atom. The van der Waals surface area contributed by atoms with Gasteiger partial charge in [-0.05, 0) is 60.7 Å². The van der Waals surface area contributed by atoms with Crippen LogP contribution >= 0.6 is 11.8 Å². The first-order valence-electron chi connectivity index (χ1n) is 10.8. The number of carbonyl (C=O) groups is 2. The third kappa shape index (κ3) is 3.34. The molecule has 1 aromatic heterocycles. The lowest BCUT2D eigenvalue weighted by Crippen LogP contribution is -2.51. The summed E-state index contributed by atoms with van der Waals surface area (Å²) in [5.41, 5.74) is 11.7. The minimum atomic E-state index is -0.520. The number of nitrogens with zero attached hydrogens (tertiary/aromatic N) is 2. The third-order valence-corrected chi connectivity index (χ3v) is 7.12. The molecule has 2 aromatic carbocycles. The van der Waals surface area contributed by atoms with Crippen LogP contribution < -0.4 is 16.0 Å². The molecule has 0 spiro atoms. The molecule has 5 rings (SSSR count). The highest BCUT2D eigenvalue weighted by Gasteiger charge is 2.41. The summed E-state index contributed by atoms with van der Waals surface area (Å²) in [6.07, 6.45) is 3.24. The van der Waals surface area contributed by atoms with Crippen molar-refractivity contribution in [1.29, 1.82) is 0 Å². The Bertz CT molecular complexity index is 1210. The number of carbonyl (C=O) groups excluding carboxylic acids is 2. The number of nitrogens with one attached hydrogen (secondary N) is 2. The van der Waals surface area contributed by atoms with Crippen molar-refractivity contribution in [3.63, 3.8) is 0 Å². The summed E-state index contributed by atoms with van der Waals surface area (Å²) in [5.74, 6) is 0.759. The van der Waals surface area contributed by atoms with Crippen molar-refractivity contribution in [2.45, 2.75) is 25.0 Å². The van der Waals surface area contributed by atoms with E-state index >= 15 is 0 Å². The molecule has 4 N–H and O–H groups in total. The van der Waals surface area contributed by atoms with E-state index in [2.05, 4.69) is 15.2 Å². The van der Waals surface area contributed by atoms with Crippen molar-refractivity contribution in [2.75, 3.05) is 35.8 Å². The van der Waals surface area contributed by atoms with E-state index in [1.54, 1.807) is 11.8 Å². The van der Waals surface area contributed by atoms with Crippen LogP contribution in [0.4, 0.5) is 11.4 Å². The van der Waals surface area contributed by atoms with E-state index in [9.17, 15) is 9.59 Å². The Labute approximate surface area is 191 Å². The smallest absolute Gasteiger partial charge is 0.257 e. The minimum Gasteiger partial charge on any atom is -0.355 e. The van der Waals surface area contributed by atoms with Gasteiger partial charge in [0.15, 0.2) is 0 Å². The zero-order chi connectivity index (χ0) is 22.4. The number of hydrogen-bond acceptors (Lipinski definition) is 5. The molecule has 0 saturated carbocycles. The highest BCUT2D eigenvalue weighted by atomic mass is 32.2. The van der Waals surface area contributed by atoms with Crippen LogP contribution in [0.25, 0.3) is 10.9 Å². The Kier molecular flexibility index (Phi) is 5.35. The normalized spacial score (nSPS) is 18.2. The number of para-hydroxylation sites is 1. The zero-order valence-electron chi connectivity index (χ0n) is 18.2. The molecule has 2 atom stereocenters. The van der Waals surface area contributed by atoms with E-state index in [-0.39, 0.29) is 18.0 Å². The highest BCUT2D eigenvalue weighted by Crippen LogP contribution is 2.43. The largest absolute Gasteiger partial charge is 0.355 e. The molecule has 2 unspecified atom stereocenters. The van der Waals surface area contributed by atoms with E-state index in [0.717, 1.165) is 45.7 Å². The lowest BCUT2D eigenvalue weighted by Gasteiger charge is -2.46. The number of hydrogen-bond donors (Lipinski definition) is 3. The second-order valence-electron chi connectivity index (χ2n) is 8.41. The second-order valence-corrected chi connectivity index (χ2v) is 9.39. The van der Waals surface area contributed by atoms with Crippen LogP contribution in [0.1, 0.15) is 34.2 Å². The summed E-state index contributed by atoms with van der Waals surface area (Å²) in [7, 11) is 2.03. The van der Waals surface area contributed by atoms with Gasteiger partial charge < -0.3 is 25.8 Å². The fourth-order valence-electron chi connectivity index (χ4n) is 4.82. The van der Waals surface area contributed by atoms with Crippen molar-refractivity contribution in [1.82, 2.24) is 9.88 Å². The molecule has 7 nitrogen and oxygen atoms in total. The van der Waals surface area contributed by atoms with Crippen LogP contribution in [0.15, 0.2) is 42.5 Å². The molecule has 8 heteroatoms. The Hall–Kier alpha value is -2.97. The molecular weight excluding hydrogens is 422 g/mol. The summed E-state index contributed by atoms with van der Waals surface area (Å²) in [5, 5.41) is 4.04. The third-order valence-electron chi connectivity index (χ3n) is 6.47. The summed E-state index contributed by atoms with van der Waals surface area (Å²) in [6, 6.07) is 13.1. The monoisotopic (exact) mass is 449 g/mol. The highest BCUT2D eigenvalue weighted by molar-refractivity contribution is 7.98. The second kappa shape index (κ2) is 8.18. The number of nitrogens with two attached hydrogens (primary N) is 1. The van der Waals surface area contributed by atoms with Gasteiger partial charge in [-0.3, -0.25) is 9.59 Å². The van der Waals surface area contributed by atoms with E-state index in [1.807, 2.05) is 60.7 Å². The lowest BCUT2D eigenvalue weighted by atomic mass is 9.96. The van der Waals surface area contributed by atoms with Gasteiger partial charge in [0.2, 0.25) is 5.91 Å². The number of fused-ring (bicyclic) bond motifs is 6. The number of aromatic amines is 1. The average Bonchev–Trinajstić information content (AvgIpc) is 3.18. The maximum Gasteiger partial charge on any atom is 0.257 e. The Morgan fingerprint density at radius 1 is 1.31 bits per heavy atom. The van der Waals surface area contributed by atoms with Crippen molar-refractivity contribution in [2.24, 2.45) is 5.73 Å². The van der Waals surface area contributed by atoms with Crippen molar-refractivity contribution in [3.8, 4) is 0 Å². The molecule has 0 saturated heterocycles. The predicted octanol–water partition coefficient (Wildman–Crippen LogP) is 3.33. The molecule has 2 aliphatic rings. The fourth-order valence-corrected chi connectivity index (χ4v) is 5.31. The first-order chi connectivity index (χ1) is 15.5. The van der Waals surface area contributed by atoms with Gasteiger partial charge >= 0.3 is 0 Å². The molecule has 0 radical (unpaired) electrons. The maximum absolute atomic E-state index is 13.2. The first kappa shape index (κ1) is 20.9. The van der Waals surface area contributed by atoms with E-state index in [1.165, 1.54) is 5.56 Å². The molecule has 0 aliphatic carbocycles. The number of thioether (sulfide) groups is 1. The molecule has 166 valence electrons. The van der Waals surface area contributed by atoms with Crippen LogP contribution in [-0.2, 0) is 11.2 Å². The molecule has 3 heterocycles. The van der Waals surface area contributed by atoms with Crippen molar-refractivity contribution in [3.05, 3.63) is 59.3 Å². The number of amides is 2.